The molecule has 1 saturated heterocycles. The van der Waals surface area contributed by atoms with E-state index in [1.165, 1.54) is 0 Å². The number of halogens is 1. The van der Waals surface area contributed by atoms with E-state index in [1.807, 2.05) is 11.8 Å². The third-order valence-corrected chi connectivity index (χ3v) is 4.91. The molecule has 0 unspecified atom stereocenters. The summed E-state index contributed by atoms with van der Waals surface area (Å²) in [5.41, 5.74) is 1.73. The maximum absolute atomic E-state index is 6.26. The Balaban J connectivity index is 2.02. The number of thioether (sulfide) groups is 1. The Hall–Kier alpha value is -0.360. The zero-order valence-electron chi connectivity index (χ0n) is 10.2. The Bertz CT molecular complexity index is 464. The standard InChI is InChI=1S/C12H15ClN2O2S/c1-16-12(2-4-17-5-3-12)11-14-9-7-18-6-8(9)10(13)15-11/h2-7H2,1H3. The summed E-state index contributed by atoms with van der Waals surface area (Å²) in [6, 6.07) is 0. The van der Waals surface area contributed by atoms with Crippen LogP contribution in [0.4, 0.5) is 0 Å². The predicted molar refractivity (Wildman–Crippen MR) is 70.8 cm³/mol. The molecule has 4 nitrogen and oxygen atoms in total. The summed E-state index contributed by atoms with van der Waals surface area (Å²) in [5.74, 6) is 2.55. The lowest BCUT2D eigenvalue weighted by Gasteiger charge is -2.34. The molecule has 0 spiro atoms. The van der Waals surface area contributed by atoms with Crippen LogP contribution in [-0.4, -0.2) is 30.3 Å². The summed E-state index contributed by atoms with van der Waals surface area (Å²) in [4.78, 5) is 9.16. The summed E-state index contributed by atoms with van der Waals surface area (Å²) in [6.45, 7) is 1.36. The second kappa shape index (κ2) is 4.96. The molecule has 6 heteroatoms. The van der Waals surface area contributed by atoms with Crippen LogP contribution in [0.2, 0.25) is 5.15 Å². The SMILES string of the molecule is COC1(c2nc(Cl)c3c(n2)CSC3)CCOCC1. The van der Waals surface area contributed by atoms with Crippen LogP contribution in [0.5, 0.6) is 0 Å². The van der Waals surface area contributed by atoms with Gasteiger partial charge in [-0.1, -0.05) is 11.6 Å². The lowest BCUT2D eigenvalue weighted by atomic mass is 9.93. The van der Waals surface area contributed by atoms with Crippen molar-refractivity contribution in [3.8, 4) is 0 Å². The normalized spacial score (nSPS) is 21.9. The minimum Gasteiger partial charge on any atom is -0.381 e. The van der Waals surface area contributed by atoms with Crippen molar-refractivity contribution < 1.29 is 9.47 Å². The van der Waals surface area contributed by atoms with Crippen LogP contribution < -0.4 is 0 Å². The molecular weight excluding hydrogens is 272 g/mol. The van der Waals surface area contributed by atoms with Crippen LogP contribution in [0.25, 0.3) is 0 Å². The summed E-state index contributed by atoms with van der Waals surface area (Å²) in [5, 5.41) is 0.586. The molecule has 0 saturated carbocycles. The van der Waals surface area contributed by atoms with E-state index in [0.717, 1.165) is 41.4 Å². The fourth-order valence-corrected chi connectivity index (χ4v) is 3.81. The van der Waals surface area contributed by atoms with Crippen LogP contribution in [0, 0.1) is 0 Å². The van der Waals surface area contributed by atoms with E-state index >= 15 is 0 Å². The average molecular weight is 287 g/mol. The fourth-order valence-electron chi connectivity index (χ4n) is 2.44. The van der Waals surface area contributed by atoms with Crippen molar-refractivity contribution in [3.05, 3.63) is 22.2 Å². The maximum atomic E-state index is 6.26. The zero-order valence-corrected chi connectivity index (χ0v) is 11.8. The van der Waals surface area contributed by atoms with Gasteiger partial charge in [0.25, 0.3) is 0 Å². The summed E-state index contributed by atoms with van der Waals surface area (Å²) < 4.78 is 11.1. The van der Waals surface area contributed by atoms with Crippen LogP contribution >= 0.6 is 23.4 Å². The topological polar surface area (TPSA) is 44.2 Å². The molecule has 3 rings (SSSR count). The van der Waals surface area contributed by atoms with Gasteiger partial charge in [-0.15, -0.1) is 0 Å². The first-order valence-electron chi connectivity index (χ1n) is 6.01. The molecule has 0 radical (unpaired) electrons. The van der Waals surface area contributed by atoms with Gasteiger partial charge in [0, 0.05) is 50.2 Å². The molecule has 1 aromatic heterocycles. The van der Waals surface area contributed by atoms with Gasteiger partial charge in [0.05, 0.1) is 5.69 Å². The third kappa shape index (κ3) is 2.03. The summed E-state index contributed by atoms with van der Waals surface area (Å²) >= 11 is 8.09. The van der Waals surface area contributed by atoms with Crippen LogP contribution in [0.3, 0.4) is 0 Å². The molecule has 0 aromatic carbocycles. The van der Waals surface area contributed by atoms with Crippen molar-refractivity contribution in [3.63, 3.8) is 0 Å². The number of nitrogens with zero attached hydrogens (tertiary/aromatic N) is 2. The van der Waals surface area contributed by atoms with Crippen molar-refractivity contribution >= 4 is 23.4 Å². The highest BCUT2D eigenvalue weighted by molar-refractivity contribution is 7.98. The molecule has 1 aromatic rings. The lowest BCUT2D eigenvalue weighted by molar-refractivity contribution is -0.100. The minimum absolute atomic E-state index is 0.426. The van der Waals surface area contributed by atoms with Crippen molar-refractivity contribution in [1.82, 2.24) is 9.97 Å². The van der Waals surface area contributed by atoms with Crippen molar-refractivity contribution in [1.29, 1.82) is 0 Å². The first-order chi connectivity index (χ1) is 8.75. The largest absolute Gasteiger partial charge is 0.381 e. The molecule has 2 aliphatic heterocycles. The van der Waals surface area contributed by atoms with E-state index in [1.54, 1.807) is 7.11 Å². The Morgan fingerprint density at radius 1 is 1.28 bits per heavy atom. The second-order valence-corrected chi connectivity index (χ2v) is 5.91. The number of hydrogen-bond donors (Lipinski definition) is 0. The van der Waals surface area contributed by atoms with E-state index in [-0.39, 0.29) is 0 Å². The van der Waals surface area contributed by atoms with Gasteiger partial charge in [-0.2, -0.15) is 11.8 Å². The highest BCUT2D eigenvalue weighted by Gasteiger charge is 2.38. The number of methoxy groups -OCH3 is 1. The van der Waals surface area contributed by atoms with Gasteiger partial charge in [0.15, 0.2) is 5.82 Å². The van der Waals surface area contributed by atoms with Crippen LogP contribution in [0.15, 0.2) is 0 Å². The number of ether oxygens (including phenoxy) is 2. The van der Waals surface area contributed by atoms with E-state index in [0.29, 0.717) is 18.4 Å². The molecule has 3 heterocycles. The molecule has 0 atom stereocenters. The number of hydrogen-bond acceptors (Lipinski definition) is 5. The van der Waals surface area contributed by atoms with Gasteiger partial charge in [-0.25, -0.2) is 9.97 Å². The monoisotopic (exact) mass is 286 g/mol. The Morgan fingerprint density at radius 2 is 2.06 bits per heavy atom. The van der Waals surface area contributed by atoms with Crippen molar-refractivity contribution in [2.24, 2.45) is 0 Å². The van der Waals surface area contributed by atoms with Crippen LogP contribution in [0.1, 0.15) is 29.9 Å². The van der Waals surface area contributed by atoms with E-state index in [9.17, 15) is 0 Å². The first kappa shape index (κ1) is 12.7. The van der Waals surface area contributed by atoms with Gasteiger partial charge < -0.3 is 9.47 Å². The lowest BCUT2D eigenvalue weighted by Crippen LogP contribution is -2.37. The predicted octanol–water partition coefficient (Wildman–Crippen LogP) is 2.53. The first-order valence-corrected chi connectivity index (χ1v) is 7.55. The van der Waals surface area contributed by atoms with Crippen LogP contribution in [-0.2, 0) is 26.6 Å². The molecule has 0 N–H and O–H groups in total. The average Bonchev–Trinajstić information content (AvgIpc) is 2.88. The molecule has 18 heavy (non-hydrogen) atoms. The fraction of sp³-hybridized carbons (Fsp3) is 0.667. The van der Waals surface area contributed by atoms with Gasteiger partial charge in [-0.05, 0) is 0 Å². The maximum Gasteiger partial charge on any atom is 0.162 e. The van der Waals surface area contributed by atoms with Crippen molar-refractivity contribution in [2.45, 2.75) is 29.9 Å². The molecule has 0 aliphatic carbocycles. The Morgan fingerprint density at radius 3 is 2.78 bits per heavy atom. The van der Waals surface area contributed by atoms with E-state index in [4.69, 9.17) is 21.1 Å². The smallest absolute Gasteiger partial charge is 0.162 e. The summed E-state index contributed by atoms with van der Waals surface area (Å²) in [7, 11) is 1.71. The molecule has 98 valence electrons. The van der Waals surface area contributed by atoms with E-state index < -0.39 is 5.60 Å². The van der Waals surface area contributed by atoms with Gasteiger partial charge in [0.2, 0.25) is 0 Å². The highest BCUT2D eigenvalue weighted by atomic mass is 35.5. The number of rotatable bonds is 2. The van der Waals surface area contributed by atoms with Gasteiger partial charge in [0.1, 0.15) is 10.8 Å². The number of aromatic nitrogens is 2. The second-order valence-electron chi connectivity index (χ2n) is 4.57. The van der Waals surface area contributed by atoms with Gasteiger partial charge in [-0.3, -0.25) is 0 Å². The number of fused-ring (bicyclic) bond motifs is 1. The minimum atomic E-state index is -0.426. The Kier molecular flexibility index (Phi) is 3.49. The molecule has 0 bridgehead atoms. The molecule has 1 fully saturated rings. The Labute approximate surface area is 115 Å². The zero-order chi connectivity index (χ0) is 12.6. The molecule has 0 amide bonds. The van der Waals surface area contributed by atoms with Gasteiger partial charge >= 0.3 is 0 Å². The quantitative estimate of drug-likeness (QED) is 0.782. The van der Waals surface area contributed by atoms with E-state index in [2.05, 4.69) is 9.97 Å². The summed E-state index contributed by atoms with van der Waals surface area (Å²) in [6.07, 6.45) is 1.57. The molecular formula is C12H15ClN2O2S. The highest BCUT2D eigenvalue weighted by Crippen LogP contribution is 2.38. The van der Waals surface area contributed by atoms with Crippen molar-refractivity contribution in [2.75, 3.05) is 20.3 Å². The molecule has 2 aliphatic rings. The third-order valence-electron chi connectivity index (χ3n) is 3.63.